The fraction of sp³-hybridized carbons (Fsp3) is 0.588. The highest BCUT2D eigenvalue weighted by Crippen LogP contribution is 2.48. The van der Waals surface area contributed by atoms with Crippen LogP contribution in [0, 0.1) is 22.7 Å². The molecule has 0 amide bonds. The molecule has 0 radical (unpaired) electrons. The van der Waals surface area contributed by atoms with Crippen molar-refractivity contribution in [2.45, 2.75) is 51.6 Å². The summed E-state index contributed by atoms with van der Waals surface area (Å²) in [5, 5.41) is 20.3. The van der Waals surface area contributed by atoms with Crippen LogP contribution in [0.3, 0.4) is 0 Å². The maximum absolute atomic E-state index is 10.7. The molecule has 102 valence electrons. The second-order valence-corrected chi connectivity index (χ2v) is 5.93. The lowest BCUT2D eigenvalue weighted by atomic mass is 9.74. The Labute approximate surface area is 116 Å². The number of nitrogens with zero attached hydrogens (tertiary/aromatic N) is 1. The summed E-state index contributed by atoms with van der Waals surface area (Å²) in [5.41, 5.74) is 0.570. The van der Waals surface area contributed by atoms with Crippen molar-refractivity contribution in [3.8, 4) is 6.07 Å². The maximum atomic E-state index is 10.7. The first kappa shape index (κ1) is 14.1. The van der Waals surface area contributed by atoms with Crippen LogP contribution in [0.1, 0.15) is 51.0 Å². The Morgan fingerprint density at radius 1 is 1.42 bits per heavy atom. The molecular formula is C17H23NO. The predicted octanol–water partition coefficient (Wildman–Crippen LogP) is 3.87. The summed E-state index contributed by atoms with van der Waals surface area (Å²) in [6.45, 7) is 4.20. The molecule has 1 N–H and O–H groups in total. The van der Waals surface area contributed by atoms with Crippen molar-refractivity contribution in [3.05, 3.63) is 35.9 Å². The van der Waals surface area contributed by atoms with Gasteiger partial charge in [0.1, 0.15) is 0 Å². The molecule has 2 rings (SSSR count). The highest BCUT2D eigenvalue weighted by Gasteiger charge is 2.46. The van der Waals surface area contributed by atoms with Crippen LogP contribution in [-0.4, -0.2) is 11.2 Å². The number of hydrogen-bond acceptors (Lipinski definition) is 2. The molecule has 1 saturated carbocycles. The number of rotatable bonds is 4. The van der Waals surface area contributed by atoms with Crippen molar-refractivity contribution >= 4 is 0 Å². The second-order valence-electron chi connectivity index (χ2n) is 5.93. The van der Waals surface area contributed by atoms with E-state index in [0.29, 0.717) is 5.92 Å². The molecule has 0 aliphatic heterocycles. The van der Waals surface area contributed by atoms with Crippen LogP contribution in [0.4, 0.5) is 0 Å². The second kappa shape index (κ2) is 5.75. The lowest BCUT2D eigenvalue weighted by molar-refractivity contribution is 0.0451. The molecule has 4 unspecified atom stereocenters. The molecule has 0 spiro atoms. The quantitative estimate of drug-likeness (QED) is 0.889. The van der Waals surface area contributed by atoms with Crippen molar-refractivity contribution in [3.63, 3.8) is 0 Å². The van der Waals surface area contributed by atoms with Gasteiger partial charge in [0, 0.05) is 5.92 Å². The molecule has 0 bridgehead atoms. The summed E-state index contributed by atoms with van der Waals surface area (Å²) in [6.07, 6.45) is 3.29. The molecule has 1 fully saturated rings. The molecule has 2 heteroatoms. The van der Waals surface area contributed by atoms with Gasteiger partial charge in [0.15, 0.2) is 0 Å². The van der Waals surface area contributed by atoms with Gasteiger partial charge < -0.3 is 5.11 Å². The van der Waals surface area contributed by atoms with Gasteiger partial charge in [-0.25, -0.2) is 0 Å². The SMILES string of the molecule is CCC1CCC(C#N)(C(O)C(C)c2ccccc2)C1. The van der Waals surface area contributed by atoms with Gasteiger partial charge in [0.25, 0.3) is 0 Å². The minimum atomic E-state index is -0.573. The van der Waals surface area contributed by atoms with E-state index in [9.17, 15) is 10.4 Å². The third kappa shape index (κ3) is 2.67. The Balaban J connectivity index is 2.18. The van der Waals surface area contributed by atoms with Gasteiger partial charge in [-0.2, -0.15) is 5.26 Å². The largest absolute Gasteiger partial charge is 0.391 e. The molecule has 0 heterocycles. The molecule has 19 heavy (non-hydrogen) atoms. The van der Waals surface area contributed by atoms with E-state index in [-0.39, 0.29) is 5.92 Å². The zero-order valence-electron chi connectivity index (χ0n) is 11.8. The lowest BCUT2D eigenvalue weighted by Gasteiger charge is -2.32. The van der Waals surface area contributed by atoms with Crippen LogP contribution >= 0.6 is 0 Å². The molecule has 1 aliphatic carbocycles. The zero-order valence-corrected chi connectivity index (χ0v) is 11.8. The van der Waals surface area contributed by atoms with Crippen molar-refractivity contribution in [1.82, 2.24) is 0 Å². The normalized spacial score (nSPS) is 29.7. The van der Waals surface area contributed by atoms with E-state index in [0.717, 1.165) is 31.2 Å². The Morgan fingerprint density at radius 2 is 2.11 bits per heavy atom. The number of hydrogen-bond donors (Lipinski definition) is 1. The number of nitriles is 1. The van der Waals surface area contributed by atoms with E-state index in [2.05, 4.69) is 13.0 Å². The van der Waals surface area contributed by atoms with Gasteiger partial charge >= 0.3 is 0 Å². The van der Waals surface area contributed by atoms with E-state index in [4.69, 9.17) is 0 Å². The summed E-state index contributed by atoms with van der Waals surface area (Å²) < 4.78 is 0. The van der Waals surface area contributed by atoms with Crippen molar-refractivity contribution in [2.75, 3.05) is 0 Å². The van der Waals surface area contributed by atoms with Crippen LogP contribution in [0.2, 0.25) is 0 Å². The van der Waals surface area contributed by atoms with Crippen molar-refractivity contribution in [2.24, 2.45) is 11.3 Å². The predicted molar refractivity (Wildman–Crippen MR) is 76.5 cm³/mol. The Kier molecular flexibility index (Phi) is 4.27. The fourth-order valence-corrected chi connectivity index (χ4v) is 3.38. The molecule has 0 aromatic heterocycles. The molecule has 2 nitrogen and oxygen atoms in total. The van der Waals surface area contributed by atoms with Crippen molar-refractivity contribution < 1.29 is 5.11 Å². The minimum Gasteiger partial charge on any atom is -0.391 e. The van der Waals surface area contributed by atoms with Gasteiger partial charge in [-0.05, 0) is 30.7 Å². The molecule has 1 aromatic rings. The third-order valence-electron chi connectivity index (χ3n) is 4.82. The van der Waals surface area contributed by atoms with Crippen LogP contribution < -0.4 is 0 Å². The molecule has 1 aliphatic rings. The summed E-state index contributed by atoms with van der Waals surface area (Å²) in [7, 11) is 0. The standard InChI is InChI=1S/C17H23NO/c1-3-14-9-10-17(11-14,12-18)16(19)13(2)15-7-5-4-6-8-15/h4-8,13-14,16,19H,3,9-11H2,1-2H3. The lowest BCUT2D eigenvalue weighted by Crippen LogP contribution is -2.35. The van der Waals surface area contributed by atoms with Gasteiger partial charge in [0.05, 0.1) is 17.6 Å². The topological polar surface area (TPSA) is 44.0 Å². The summed E-state index contributed by atoms with van der Waals surface area (Å²) >= 11 is 0. The first-order valence-electron chi connectivity index (χ1n) is 7.27. The van der Waals surface area contributed by atoms with E-state index in [1.54, 1.807) is 0 Å². The molecule has 0 saturated heterocycles. The maximum Gasteiger partial charge on any atom is 0.0840 e. The molecule has 1 aromatic carbocycles. The highest BCUT2D eigenvalue weighted by molar-refractivity contribution is 5.23. The third-order valence-corrected chi connectivity index (χ3v) is 4.82. The first-order valence-corrected chi connectivity index (χ1v) is 7.27. The zero-order chi connectivity index (χ0) is 13.9. The Bertz CT molecular complexity index is 450. The fourth-order valence-electron chi connectivity index (χ4n) is 3.38. The first-order chi connectivity index (χ1) is 9.13. The van der Waals surface area contributed by atoms with E-state index in [1.165, 1.54) is 0 Å². The molecule has 4 atom stereocenters. The van der Waals surface area contributed by atoms with E-state index >= 15 is 0 Å². The van der Waals surface area contributed by atoms with Gasteiger partial charge in [0.2, 0.25) is 0 Å². The van der Waals surface area contributed by atoms with Crippen molar-refractivity contribution in [1.29, 1.82) is 5.26 Å². The summed E-state index contributed by atoms with van der Waals surface area (Å²) in [6, 6.07) is 12.5. The van der Waals surface area contributed by atoms with Gasteiger partial charge in [-0.3, -0.25) is 0 Å². The number of aliphatic hydroxyl groups is 1. The van der Waals surface area contributed by atoms with Gasteiger partial charge in [-0.1, -0.05) is 50.6 Å². The average molecular weight is 257 g/mol. The molecular weight excluding hydrogens is 234 g/mol. The van der Waals surface area contributed by atoms with Crippen LogP contribution in [0.5, 0.6) is 0 Å². The minimum absolute atomic E-state index is 0.0106. The smallest absolute Gasteiger partial charge is 0.0840 e. The highest BCUT2D eigenvalue weighted by atomic mass is 16.3. The van der Waals surface area contributed by atoms with Gasteiger partial charge in [-0.15, -0.1) is 0 Å². The number of aliphatic hydroxyl groups excluding tert-OH is 1. The van der Waals surface area contributed by atoms with Crippen LogP contribution in [0.15, 0.2) is 30.3 Å². The average Bonchev–Trinajstić information content (AvgIpc) is 2.91. The summed E-state index contributed by atoms with van der Waals surface area (Å²) in [5.74, 6) is 0.605. The summed E-state index contributed by atoms with van der Waals surface area (Å²) in [4.78, 5) is 0. The van der Waals surface area contributed by atoms with E-state index in [1.807, 2.05) is 37.3 Å². The monoisotopic (exact) mass is 257 g/mol. The van der Waals surface area contributed by atoms with E-state index < -0.39 is 11.5 Å². The van der Waals surface area contributed by atoms with Crippen LogP contribution in [0.25, 0.3) is 0 Å². The Hall–Kier alpha value is -1.33. The number of benzene rings is 1. The van der Waals surface area contributed by atoms with Crippen LogP contribution in [-0.2, 0) is 0 Å². The Morgan fingerprint density at radius 3 is 2.63 bits per heavy atom.